The van der Waals surface area contributed by atoms with E-state index in [4.69, 9.17) is 17.0 Å². The maximum atomic E-state index is 12.5. The second-order valence-corrected chi connectivity index (χ2v) is 8.19. The normalized spacial score (nSPS) is 17.5. The van der Waals surface area contributed by atoms with Gasteiger partial charge in [0.05, 0.1) is 12.5 Å². The topological polar surface area (TPSA) is 87.7 Å². The van der Waals surface area contributed by atoms with Crippen LogP contribution in [0.3, 0.4) is 0 Å². The van der Waals surface area contributed by atoms with Gasteiger partial charge in [-0.25, -0.2) is 0 Å². The van der Waals surface area contributed by atoms with Gasteiger partial charge in [0, 0.05) is 22.2 Å². The van der Waals surface area contributed by atoms with Crippen LogP contribution in [0.15, 0.2) is 18.2 Å². The maximum Gasteiger partial charge on any atom is 0.308 e. The summed E-state index contributed by atoms with van der Waals surface area (Å²) in [6.45, 7) is 6.45. The molecule has 1 fully saturated rings. The van der Waals surface area contributed by atoms with Gasteiger partial charge in [0.15, 0.2) is 5.11 Å². The summed E-state index contributed by atoms with van der Waals surface area (Å²) in [4.78, 5) is 38.6. The van der Waals surface area contributed by atoms with Crippen molar-refractivity contribution < 1.29 is 19.1 Å². The molecular formula is C19H24IN3O4S. The van der Waals surface area contributed by atoms with Crippen molar-refractivity contribution in [1.29, 1.82) is 0 Å². The van der Waals surface area contributed by atoms with E-state index in [1.165, 1.54) is 0 Å². The van der Waals surface area contributed by atoms with E-state index in [-0.39, 0.29) is 29.5 Å². The highest BCUT2D eigenvalue weighted by molar-refractivity contribution is 14.1. The van der Waals surface area contributed by atoms with Gasteiger partial charge in [-0.1, -0.05) is 13.0 Å². The van der Waals surface area contributed by atoms with Crippen LogP contribution in [0.1, 0.15) is 42.6 Å². The zero-order chi connectivity index (χ0) is 20.8. The van der Waals surface area contributed by atoms with E-state index >= 15 is 0 Å². The van der Waals surface area contributed by atoms with Crippen LogP contribution in [0.25, 0.3) is 0 Å². The summed E-state index contributed by atoms with van der Waals surface area (Å²) in [6.07, 6.45) is 0.341. The molecule has 0 aromatic heterocycles. The summed E-state index contributed by atoms with van der Waals surface area (Å²) in [7, 11) is 0. The number of rotatable bonds is 5. The molecule has 2 unspecified atom stereocenters. The summed E-state index contributed by atoms with van der Waals surface area (Å²) in [5, 5.41) is 5.52. The molecule has 2 atom stereocenters. The Labute approximate surface area is 183 Å². The molecular weight excluding hydrogens is 493 g/mol. The minimum Gasteiger partial charge on any atom is -0.463 e. The molecule has 0 bridgehead atoms. The highest BCUT2D eigenvalue weighted by Crippen LogP contribution is 2.15. The molecule has 152 valence electrons. The SMILES string of the molecule is CCC(C)OC(=O)CC1C(=O)NCCN1C(=S)NC(=O)c1ccc(C)c(I)c1. The van der Waals surface area contributed by atoms with Gasteiger partial charge in [-0.15, -0.1) is 0 Å². The van der Waals surface area contributed by atoms with Crippen LogP contribution in [0, 0.1) is 10.5 Å². The van der Waals surface area contributed by atoms with Crippen molar-refractivity contribution in [3.05, 3.63) is 32.9 Å². The summed E-state index contributed by atoms with van der Waals surface area (Å²) >= 11 is 7.53. The molecule has 2 N–H and O–H groups in total. The van der Waals surface area contributed by atoms with Crippen LogP contribution < -0.4 is 10.6 Å². The Kier molecular flexibility index (Phi) is 8.17. The number of carbonyl (C=O) groups excluding carboxylic acids is 3. The Morgan fingerprint density at radius 1 is 1.46 bits per heavy atom. The molecule has 2 rings (SSSR count). The zero-order valence-corrected chi connectivity index (χ0v) is 19.1. The van der Waals surface area contributed by atoms with E-state index in [1.807, 2.05) is 19.9 Å². The number of esters is 1. The molecule has 1 aromatic carbocycles. The molecule has 1 heterocycles. The van der Waals surface area contributed by atoms with E-state index in [0.29, 0.717) is 25.1 Å². The third kappa shape index (κ3) is 5.87. The van der Waals surface area contributed by atoms with Crippen LogP contribution in [-0.2, 0) is 14.3 Å². The van der Waals surface area contributed by atoms with Crippen molar-refractivity contribution in [2.45, 2.75) is 45.8 Å². The highest BCUT2D eigenvalue weighted by Gasteiger charge is 2.34. The molecule has 7 nitrogen and oxygen atoms in total. The molecule has 0 aliphatic carbocycles. The fourth-order valence-corrected chi connectivity index (χ4v) is 3.48. The third-order valence-electron chi connectivity index (χ3n) is 4.51. The largest absolute Gasteiger partial charge is 0.463 e. The van der Waals surface area contributed by atoms with E-state index in [2.05, 4.69) is 33.2 Å². The van der Waals surface area contributed by atoms with Crippen LogP contribution >= 0.6 is 34.8 Å². The first-order valence-electron chi connectivity index (χ1n) is 9.08. The van der Waals surface area contributed by atoms with Gasteiger partial charge in [-0.05, 0) is 72.8 Å². The van der Waals surface area contributed by atoms with Crippen LogP contribution in [0.4, 0.5) is 0 Å². The lowest BCUT2D eigenvalue weighted by Gasteiger charge is -2.36. The predicted octanol–water partition coefficient (Wildman–Crippen LogP) is 2.15. The average molecular weight is 517 g/mol. The molecule has 0 radical (unpaired) electrons. The molecule has 1 saturated heterocycles. The van der Waals surface area contributed by atoms with Crippen LogP contribution in [-0.4, -0.2) is 53.0 Å². The lowest BCUT2D eigenvalue weighted by Crippen LogP contribution is -2.60. The summed E-state index contributed by atoms with van der Waals surface area (Å²) in [6, 6.07) is 4.55. The minimum absolute atomic E-state index is 0.122. The van der Waals surface area contributed by atoms with E-state index < -0.39 is 12.0 Å². The lowest BCUT2D eigenvalue weighted by molar-refractivity contribution is -0.151. The van der Waals surface area contributed by atoms with Crippen molar-refractivity contribution in [3.8, 4) is 0 Å². The molecule has 1 aromatic rings. The fourth-order valence-electron chi connectivity index (χ4n) is 2.65. The number of aryl methyl sites for hydroxylation is 1. The van der Waals surface area contributed by atoms with Gasteiger partial charge < -0.3 is 15.0 Å². The zero-order valence-electron chi connectivity index (χ0n) is 16.1. The van der Waals surface area contributed by atoms with Crippen molar-refractivity contribution in [2.24, 2.45) is 0 Å². The number of ether oxygens (including phenoxy) is 1. The molecule has 0 saturated carbocycles. The number of nitrogens with one attached hydrogen (secondary N) is 2. The lowest BCUT2D eigenvalue weighted by atomic mass is 10.1. The maximum absolute atomic E-state index is 12.5. The number of thiocarbonyl (C=S) groups is 1. The number of piperazine rings is 1. The smallest absolute Gasteiger partial charge is 0.308 e. The Bertz CT molecular complexity index is 786. The van der Waals surface area contributed by atoms with Crippen molar-refractivity contribution in [2.75, 3.05) is 13.1 Å². The van der Waals surface area contributed by atoms with Gasteiger partial charge in [0.2, 0.25) is 5.91 Å². The monoisotopic (exact) mass is 517 g/mol. The first-order chi connectivity index (χ1) is 13.2. The van der Waals surface area contributed by atoms with Gasteiger partial charge in [-0.3, -0.25) is 19.7 Å². The van der Waals surface area contributed by atoms with E-state index in [1.54, 1.807) is 24.0 Å². The van der Waals surface area contributed by atoms with Crippen LogP contribution in [0.5, 0.6) is 0 Å². The number of hydrogen-bond acceptors (Lipinski definition) is 5. The second kappa shape index (κ2) is 10.1. The molecule has 2 amide bonds. The predicted molar refractivity (Wildman–Crippen MR) is 118 cm³/mol. The quantitative estimate of drug-likeness (QED) is 0.354. The van der Waals surface area contributed by atoms with Gasteiger partial charge >= 0.3 is 5.97 Å². The van der Waals surface area contributed by atoms with Crippen LogP contribution in [0.2, 0.25) is 0 Å². The standard InChI is InChI=1S/C19H24IN3O4S/c1-4-12(3)27-16(24)10-15-18(26)21-7-8-23(15)19(28)22-17(25)13-6-5-11(2)14(20)9-13/h5-6,9,12,15H,4,7-8,10H2,1-3H3,(H,21,26)(H,22,25,28). The molecule has 1 aliphatic heterocycles. The molecule has 0 spiro atoms. The number of carbonyl (C=O) groups is 3. The minimum atomic E-state index is -0.809. The summed E-state index contributed by atoms with van der Waals surface area (Å²) < 4.78 is 6.25. The van der Waals surface area contributed by atoms with Gasteiger partial charge in [-0.2, -0.15) is 0 Å². The van der Waals surface area contributed by atoms with E-state index in [0.717, 1.165) is 9.13 Å². The Morgan fingerprint density at radius 3 is 2.82 bits per heavy atom. The van der Waals surface area contributed by atoms with E-state index in [9.17, 15) is 14.4 Å². The number of amides is 2. The fraction of sp³-hybridized carbons (Fsp3) is 0.474. The van der Waals surface area contributed by atoms with Crippen molar-refractivity contribution >= 4 is 57.7 Å². The first kappa shape index (κ1) is 22.5. The number of hydrogen-bond donors (Lipinski definition) is 2. The van der Waals surface area contributed by atoms with Crippen molar-refractivity contribution in [3.63, 3.8) is 0 Å². The Morgan fingerprint density at radius 2 is 2.18 bits per heavy atom. The highest BCUT2D eigenvalue weighted by atomic mass is 127. The third-order valence-corrected chi connectivity index (χ3v) is 6.01. The Hall–Kier alpha value is -1.75. The van der Waals surface area contributed by atoms with Gasteiger partial charge in [0.25, 0.3) is 5.91 Å². The molecule has 9 heteroatoms. The number of benzene rings is 1. The first-order valence-corrected chi connectivity index (χ1v) is 10.6. The molecule has 1 aliphatic rings. The van der Waals surface area contributed by atoms with Gasteiger partial charge in [0.1, 0.15) is 6.04 Å². The number of halogens is 1. The summed E-state index contributed by atoms with van der Waals surface area (Å²) in [5.41, 5.74) is 1.55. The number of nitrogens with zero attached hydrogens (tertiary/aromatic N) is 1. The second-order valence-electron chi connectivity index (χ2n) is 6.64. The summed E-state index contributed by atoms with van der Waals surface area (Å²) in [5.74, 6) is -1.13. The Balaban J connectivity index is 2.07. The molecule has 28 heavy (non-hydrogen) atoms. The van der Waals surface area contributed by atoms with Crippen molar-refractivity contribution in [1.82, 2.24) is 15.5 Å². The average Bonchev–Trinajstić information content (AvgIpc) is 2.65.